The Kier molecular flexibility index (Phi) is 5.69. The third kappa shape index (κ3) is 3.94. The van der Waals surface area contributed by atoms with Gasteiger partial charge in [0.15, 0.2) is 5.78 Å². The molecule has 2 saturated heterocycles. The van der Waals surface area contributed by atoms with Gasteiger partial charge in [0.2, 0.25) is 0 Å². The minimum absolute atomic E-state index is 0.0322. The van der Waals surface area contributed by atoms with Crippen molar-refractivity contribution in [2.75, 3.05) is 31.8 Å². The van der Waals surface area contributed by atoms with Crippen LogP contribution in [0.5, 0.6) is 0 Å². The highest BCUT2D eigenvalue weighted by Gasteiger charge is 2.43. The smallest absolute Gasteiger partial charge is 0.152 e. The van der Waals surface area contributed by atoms with E-state index in [1.807, 2.05) is 11.8 Å². The molecular formula is C14H25NO3S. The second-order valence-corrected chi connectivity index (χ2v) is 6.77. The molecule has 0 bridgehead atoms. The molecule has 2 fully saturated rings. The van der Waals surface area contributed by atoms with Gasteiger partial charge >= 0.3 is 0 Å². The highest BCUT2D eigenvalue weighted by molar-refractivity contribution is 7.99. The maximum Gasteiger partial charge on any atom is 0.152 e. The third-order valence-corrected chi connectivity index (χ3v) is 5.41. The number of hydrogen-bond donors (Lipinski definition) is 1. The maximum absolute atomic E-state index is 12.4. The number of carbonyl (C=O) groups is 1. The van der Waals surface area contributed by atoms with Crippen molar-refractivity contribution < 1.29 is 14.3 Å². The molecular weight excluding hydrogens is 262 g/mol. The first kappa shape index (κ1) is 15.3. The molecule has 2 N–H and O–H groups in total. The first-order valence-corrected chi connectivity index (χ1v) is 8.32. The molecule has 3 atom stereocenters. The van der Waals surface area contributed by atoms with E-state index in [9.17, 15) is 4.79 Å². The number of thioether (sulfide) groups is 1. The standard InChI is InChI=1S/C14H25NO3S/c1-17-6-2-3-12(15)13(16)11-4-7-18-14(9-11)5-8-19-10-14/h11-12H,2-10,15H2,1H3. The molecule has 0 radical (unpaired) electrons. The summed E-state index contributed by atoms with van der Waals surface area (Å²) < 4.78 is 11.0. The van der Waals surface area contributed by atoms with Crippen molar-refractivity contribution in [3.8, 4) is 0 Å². The Balaban J connectivity index is 1.84. The number of carbonyl (C=O) groups excluding carboxylic acids is 1. The Morgan fingerprint density at radius 2 is 2.47 bits per heavy atom. The lowest BCUT2D eigenvalue weighted by Crippen LogP contribution is -2.46. The lowest BCUT2D eigenvalue weighted by Gasteiger charge is -2.37. The van der Waals surface area contributed by atoms with Crippen LogP contribution in [0, 0.1) is 5.92 Å². The minimum atomic E-state index is -0.329. The summed E-state index contributed by atoms with van der Waals surface area (Å²) in [6, 6.07) is -0.329. The fourth-order valence-electron chi connectivity index (χ4n) is 3.03. The van der Waals surface area contributed by atoms with Crippen LogP contribution in [-0.2, 0) is 14.3 Å². The average Bonchev–Trinajstić information content (AvgIpc) is 2.86. The zero-order valence-corrected chi connectivity index (χ0v) is 12.5. The van der Waals surface area contributed by atoms with Crippen LogP contribution >= 0.6 is 11.8 Å². The number of ketones is 1. The van der Waals surface area contributed by atoms with Crippen molar-refractivity contribution in [1.29, 1.82) is 0 Å². The van der Waals surface area contributed by atoms with Gasteiger partial charge in [-0.15, -0.1) is 0 Å². The highest BCUT2D eigenvalue weighted by Crippen LogP contribution is 2.40. The van der Waals surface area contributed by atoms with Crippen LogP contribution in [0.3, 0.4) is 0 Å². The van der Waals surface area contributed by atoms with Crippen molar-refractivity contribution in [2.24, 2.45) is 11.7 Å². The van der Waals surface area contributed by atoms with E-state index in [1.165, 1.54) is 0 Å². The van der Waals surface area contributed by atoms with Crippen molar-refractivity contribution in [3.63, 3.8) is 0 Å². The number of rotatable bonds is 6. The molecule has 2 heterocycles. The summed E-state index contributed by atoms with van der Waals surface area (Å²) in [6.45, 7) is 1.39. The molecule has 4 nitrogen and oxygen atoms in total. The molecule has 2 aliphatic heterocycles. The summed E-state index contributed by atoms with van der Waals surface area (Å²) >= 11 is 1.93. The van der Waals surface area contributed by atoms with E-state index < -0.39 is 0 Å². The summed E-state index contributed by atoms with van der Waals surface area (Å²) in [5.41, 5.74) is 5.99. The SMILES string of the molecule is COCCCC(N)C(=O)C1CCOC2(CCSC2)C1. The third-order valence-electron chi connectivity index (χ3n) is 4.19. The first-order valence-electron chi connectivity index (χ1n) is 7.17. The normalized spacial score (nSPS) is 32.6. The van der Waals surface area contributed by atoms with Gasteiger partial charge in [-0.1, -0.05) is 0 Å². The molecule has 0 amide bonds. The fraction of sp³-hybridized carbons (Fsp3) is 0.929. The summed E-state index contributed by atoms with van der Waals surface area (Å²) in [4.78, 5) is 12.4. The van der Waals surface area contributed by atoms with Gasteiger partial charge in [-0.2, -0.15) is 11.8 Å². The van der Waals surface area contributed by atoms with Gasteiger partial charge in [0.05, 0.1) is 11.6 Å². The Hall–Kier alpha value is -0.100. The maximum atomic E-state index is 12.4. The number of nitrogens with two attached hydrogens (primary N) is 1. The second-order valence-electron chi connectivity index (χ2n) is 5.67. The molecule has 2 rings (SSSR count). The minimum Gasteiger partial charge on any atom is -0.385 e. The van der Waals surface area contributed by atoms with E-state index in [0.717, 1.165) is 43.6 Å². The van der Waals surface area contributed by atoms with Gasteiger partial charge in [0.1, 0.15) is 0 Å². The summed E-state index contributed by atoms with van der Waals surface area (Å²) in [7, 11) is 1.67. The quantitative estimate of drug-likeness (QED) is 0.752. The van der Waals surface area contributed by atoms with E-state index in [1.54, 1.807) is 7.11 Å². The molecule has 0 aromatic carbocycles. The zero-order chi connectivity index (χ0) is 13.7. The molecule has 19 heavy (non-hydrogen) atoms. The monoisotopic (exact) mass is 287 g/mol. The second kappa shape index (κ2) is 7.07. The van der Waals surface area contributed by atoms with Crippen molar-refractivity contribution in [1.82, 2.24) is 0 Å². The van der Waals surface area contributed by atoms with Gasteiger partial charge in [-0.25, -0.2) is 0 Å². The van der Waals surface area contributed by atoms with Gasteiger partial charge in [0, 0.05) is 32.0 Å². The number of Topliss-reactive ketones (excluding diaryl/α,β-unsaturated/α-hetero) is 1. The highest BCUT2D eigenvalue weighted by atomic mass is 32.2. The van der Waals surface area contributed by atoms with Crippen LogP contribution in [0.1, 0.15) is 32.1 Å². The van der Waals surface area contributed by atoms with Crippen LogP contribution in [-0.4, -0.2) is 49.3 Å². The topological polar surface area (TPSA) is 61.5 Å². The Bertz CT molecular complexity index is 305. The van der Waals surface area contributed by atoms with Crippen LogP contribution in [0.25, 0.3) is 0 Å². The molecule has 0 aromatic heterocycles. The van der Waals surface area contributed by atoms with E-state index in [-0.39, 0.29) is 23.3 Å². The first-order chi connectivity index (χ1) is 9.17. The van der Waals surface area contributed by atoms with E-state index >= 15 is 0 Å². The molecule has 1 spiro atoms. The molecule has 2 aliphatic rings. The number of hydrogen-bond acceptors (Lipinski definition) is 5. The van der Waals surface area contributed by atoms with Crippen molar-refractivity contribution in [2.45, 2.75) is 43.7 Å². The van der Waals surface area contributed by atoms with E-state index in [0.29, 0.717) is 13.2 Å². The van der Waals surface area contributed by atoms with Crippen LogP contribution < -0.4 is 5.73 Å². The van der Waals surface area contributed by atoms with Gasteiger partial charge in [-0.3, -0.25) is 4.79 Å². The summed E-state index contributed by atoms with van der Waals surface area (Å²) in [5.74, 6) is 2.52. The Morgan fingerprint density at radius 1 is 1.63 bits per heavy atom. The Labute approximate surface area is 119 Å². The van der Waals surface area contributed by atoms with Crippen LogP contribution in [0.15, 0.2) is 0 Å². The van der Waals surface area contributed by atoms with E-state index in [4.69, 9.17) is 15.2 Å². The Morgan fingerprint density at radius 3 is 3.16 bits per heavy atom. The van der Waals surface area contributed by atoms with Crippen LogP contribution in [0.2, 0.25) is 0 Å². The van der Waals surface area contributed by atoms with Gasteiger partial charge in [0.25, 0.3) is 0 Å². The largest absolute Gasteiger partial charge is 0.385 e. The summed E-state index contributed by atoms with van der Waals surface area (Å²) in [5, 5.41) is 0. The van der Waals surface area contributed by atoms with E-state index in [2.05, 4.69) is 0 Å². The van der Waals surface area contributed by atoms with Gasteiger partial charge < -0.3 is 15.2 Å². The predicted molar refractivity (Wildman–Crippen MR) is 77.4 cm³/mol. The van der Waals surface area contributed by atoms with Gasteiger partial charge in [-0.05, 0) is 37.9 Å². The molecule has 0 saturated carbocycles. The van der Waals surface area contributed by atoms with Crippen molar-refractivity contribution >= 4 is 17.5 Å². The molecule has 0 aliphatic carbocycles. The van der Waals surface area contributed by atoms with Crippen LogP contribution in [0.4, 0.5) is 0 Å². The summed E-state index contributed by atoms with van der Waals surface area (Å²) in [6.07, 6.45) is 4.37. The number of methoxy groups -OCH3 is 1. The molecule has 3 unspecified atom stereocenters. The fourth-order valence-corrected chi connectivity index (χ4v) is 4.40. The lowest BCUT2D eigenvalue weighted by atomic mass is 9.81. The lowest BCUT2D eigenvalue weighted by molar-refractivity contribution is -0.135. The number of ether oxygens (including phenoxy) is 2. The molecule has 5 heteroatoms. The molecule has 0 aromatic rings. The van der Waals surface area contributed by atoms with Crippen molar-refractivity contribution in [3.05, 3.63) is 0 Å². The molecule has 110 valence electrons. The predicted octanol–water partition coefficient (Wildman–Crippen LogP) is 1.61. The average molecular weight is 287 g/mol. The zero-order valence-electron chi connectivity index (χ0n) is 11.7.